The number of nitrogens with zero attached hydrogens (tertiary/aromatic N) is 4. The lowest BCUT2D eigenvalue weighted by Gasteiger charge is -2.00. The fourth-order valence-corrected chi connectivity index (χ4v) is 1.40. The van der Waals surface area contributed by atoms with E-state index in [1.807, 2.05) is 6.92 Å². The summed E-state index contributed by atoms with van der Waals surface area (Å²) in [6, 6.07) is 0. The van der Waals surface area contributed by atoms with Crippen molar-refractivity contribution in [2.75, 3.05) is 12.5 Å². The Morgan fingerprint density at radius 2 is 2.50 bits per heavy atom. The van der Waals surface area contributed by atoms with Gasteiger partial charge in [-0.3, -0.25) is 4.79 Å². The summed E-state index contributed by atoms with van der Waals surface area (Å²) in [7, 11) is 0. The molecule has 1 N–H and O–H groups in total. The summed E-state index contributed by atoms with van der Waals surface area (Å²) in [6.07, 6.45) is 0. The molecule has 78 valence electrons. The van der Waals surface area contributed by atoms with Crippen LogP contribution in [0.25, 0.3) is 0 Å². The molecule has 0 aliphatic carbocycles. The van der Waals surface area contributed by atoms with E-state index in [1.165, 1.54) is 16.4 Å². The van der Waals surface area contributed by atoms with Crippen molar-refractivity contribution in [2.45, 2.75) is 18.6 Å². The summed E-state index contributed by atoms with van der Waals surface area (Å²) >= 11 is 1.26. The summed E-state index contributed by atoms with van der Waals surface area (Å²) in [5.74, 6) is -0.563. The zero-order valence-corrected chi connectivity index (χ0v) is 8.40. The Labute approximate surface area is 84.4 Å². The van der Waals surface area contributed by atoms with Crippen molar-refractivity contribution in [3.8, 4) is 0 Å². The van der Waals surface area contributed by atoms with Gasteiger partial charge in [-0.05, 0) is 17.4 Å². The van der Waals surface area contributed by atoms with Crippen molar-refractivity contribution in [3.63, 3.8) is 0 Å². The van der Waals surface area contributed by atoms with Crippen molar-refractivity contribution < 1.29 is 14.6 Å². The van der Waals surface area contributed by atoms with E-state index in [4.69, 9.17) is 9.84 Å². The lowest BCUT2D eigenvalue weighted by molar-refractivity contribution is -0.138. The smallest absolute Gasteiger partial charge is 0.325 e. The summed E-state index contributed by atoms with van der Waals surface area (Å²) in [6.45, 7) is 2.25. The van der Waals surface area contributed by atoms with Crippen LogP contribution in [0.3, 0.4) is 0 Å². The number of tetrazole rings is 1. The first-order chi connectivity index (χ1) is 6.74. The van der Waals surface area contributed by atoms with Crippen molar-refractivity contribution in [1.29, 1.82) is 0 Å². The maximum atomic E-state index is 10.4. The van der Waals surface area contributed by atoms with E-state index >= 15 is 0 Å². The number of ether oxygens (including phenoxy) is 1. The van der Waals surface area contributed by atoms with Crippen LogP contribution in [0.1, 0.15) is 6.92 Å². The molecule has 0 amide bonds. The first kappa shape index (κ1) is 10.9. The SMILES string of the molecule is CCOCSc1nnnn1CC(=O)O. The van der Waals surface area contributed by atoms with E-state index in [0.29, 0.717) is 17.7 Å². The van der Waals surface area contributed by atoms with Crippen molar-refractivity contribution in [1.82, 2.24) is 20.2 Å². The fourth-order valence-electron chi connectivity index (χ4n) is 0.705. The minimum Gasteiger partial charge on any atom is -0.480 e. The van der Waals surface area contributed by atoms with Gasteiger partial charge >= 0.3 is 5.97 Å². The lowest BCUT2D eigenvalue weighted by Crippen LogP contribution is -2.11. The first-order valence-electron chi connectivity index (χ1n) is 3.92. The molecule has 0 atom stereocenters. The van der Waals surface area contributed by atoms with Crippen molar-refractivity contribution in [3.05, 3.63) is 0 Å². The minimum atomic E-state index is -0.976. The Morgan fingerprint density at radius 3 is 3.14 bits per heavy atom. The molecule has 0 aliphatic rings. The Bertz CT molecular complexity index is 303. The number of carboxylic acids is 1. The molecule has 1 heterocycles. The molecule has 0 saturated carbocycles. The number of thioether (sulfide) groups is 1. The zero-order valence-electron chi connectivity index (χ0n) is 7.58. The summed E-state index contributed by atoms with van der Waals surface area (Å²) in [5.41, 5.74) is 0. The van der Waals surface area contributed by atoms with Crippen LogP contribution in [0.5, 0.6) is 0 Å². The monoisotopic (exact) mass is 218 g/mol. The van der Waals surface area contributed by atoms with Gasteiger partial charge in [0.2, 0.25) is 5.16 Å². The molecule has 1 aromatic heterocycles. The van der Waals surface area contributed by atoms with Gasteiger partial charge in [-0.15, -0.1) is 5.10 Å². The number of aliphatic carboxylic acids is 1. The van der Waals surface area contributed by atoms with E-state index in [0.717, 1.165) is 0 Å². The van der Waals surface area contributed by atoms with Crippen LogP contribution in [0.4, 0.5) is 0 Å². The fraction of sp³-hybridized carbons (Fsp3) is 0.667. The van der Waals surface area contributed by atoms with E-state index in [-0.39, 0.29) is 6.54 Å². The quantitative estimate of drug-likeness (QED) is 0.403. The maximum absolute atomic E-state index is 10.4. The van der Waals surface area contributed by atoms with E-state index in [1.54, 1.807) is 0 Å². The van der Waals surface area contributed by atoms with Gasteiger partial charge in [-0.25, -0.2) is 4.68 Å². The molecule has 0 fully saturated rings. The zero-order chi connectivity index (χ0) is 10.4. The highest BCUT2D eigenvalue weighted by Crippen LogP contribution is 2.12. The third-order valence-corrected chi connectivity index (χ3v) is 2.09. The molecule has 0 aromatic carbocycles. The molecule has 7 nitrogen and oxygen atoms in total. The lowest BCUT2D eigenvalue weighted by atomic mass is 10.7. The molecular formula is C6H10N4O3S. The average molecular weight is 218 g/mol. The van der Waals surface area contributed by atoms with Gasteiger partial charge in [0.05, 0.1) is 5.94 Å². The molecule has 0 radical (unpaired) electrons. The predicted molar refractivity (Wildman–Crippen MR) is 47.8 cm³/mol. The Hall–Kier alpha value is -1.15. The molecule has 0 spiro atoms. The Morgan fingerprint density at radius 1 is 1.71 bits per heavy atom. The van der Waals surface area contributed by atoms with Crippen molar-refractivity contribution in [2.24, 2.45) is 0 Å². The highest BCUT2D eigenvalue weighted by atomic mass is 32.2. The summed E-state index contributed by atoms with van der Waals surface area (Å²) < 4.78 is 6.29. The van der Waals surface area contributed by atoms with Gasteiger partial charge in [-0.2, -0.15) is 0 Å². The first-order valence-corrected chi connectivity index (χ1v) is 4.91. The van der Waals surface area contributed by atoms with Gasteiger partial charge in [0, 0.05) is 6.61 Å². The van der Waals surface area contributed by atoms with Gasteiger partial charge in [0.1, 0.15) is 6.54 Å². The summed E-state index contributed by atoms with van der Waals surface area (Å²) in [5, 5.41) is 19.5. The van der Waals surface area contributed by atoms with Crippen molar-refractivity contribution >= 4 is 17.7 Å². The Balaban J connectivity index is 2.49. The standard InChI is InChI=1S/C6H10N4O3S/c1-2-13-4-14-6-7-8-9-10(6)3-5(11)12/h2-4H2,1H3,(H,11,12). The van der Waals surface area contributed by atoms with Gasteiger partial charge in [0.15, 0.2) is 0 Å². The second kappa shape index (κ2) is 5.55. The van der Waals surface area contributed by atoms with Crippen LogP contribution in [-0.2, 0) is 16.1 Å². The number of hydrogen-bond donors (Lipinski definition) is 1. The molecule has 0 saturated heterocycles. The van der Waals surface area contributed by atoms with Crippen LogP contribution in [-0.4, -0.2) is 43.8 Å². The molecule has 0 unspecified atom stereocenters. The second-order valence-corrected chi connectivity index (χ2v) is 3.16. The van der Waals surface area contributed by atoms with Gasteiger partial charge < -0.3 is 9.84 Å². The third-order valence-electron chi connectivity index (χ3n) is 1.26. The van der Waals surface area contributed by atoms with Crippen LogP contribution >= 0.6 is 11.8 Å². The molecule has 8 heteroatoms. The maximum Gasteiger partial charge on any atom is 0.325 e. The normalized spacial score (nSPS) is 10.4. The number of carbonyl (C=O) groups is 1. The number of carboxylic acid groups (broad SMARTS) is 1. The molecular weight excluding hydrogens is 208 g/mol. The van der Waals surface area contributed by atoms with E-state index < -0.39 is 5.97 Å². The Kier molecular flexibility index (Phi) is 4.33. The number of rotatable bonds is 6. The molecule has 1 aromatic rings. The number of hydrogen-bond acceptors (Lipinski definition) is 6. The molecule has 1 rings (SSSR count). The average Bonchev–Trinajstić information content (AvgIpc) is 2.52. The van der Waals surface area contributed by atoms with Crippen LogP contribution < -0.4 is 0 Å². The third kappa shape index (κ3) is 3.30. The number of aromatic nitrogens is 4. The van der Waals surface area contributed by atoms with Crippen LogP contribution in [0.2, 0.25) is 0 Å². The topological polar surface area (TPSA) is 90.1 Å². The molecule has 0 bridgehead atoms. The predicted octanol–water partition coefficient (Wildman–Crippen LogP) is -0.156. The molecule has 14 heavy (non-hydrogen) atoms. The highest BCUT2D eigenvalue weighted by Gasteiger charge is 2.09. The minimum absolute atomic E-state index is 0.235. The van der Waals surface area contributed by atoms with Crippen LogP contribution in [0, 0.1) is 0 Å². The molecule has 0 aliphatic heterocycles. The second-order valence-electron chi connectivity index (χ2n) is 2.27. The van der Waals surface area contributed by atoms with Crippen LogP contribution in [0.15, 0.2) is 5.16 Å². The van der Waals surface area contributed by atoms with Gasteiger partial charge in [-0.1, -0.05) is 11.8 Å². The summed E-state index contributed by atoms with van der Waals surface area (Å²) in [4.78, 5) is 10.4. The van der Waals surface area contributed by atoms with E-state index in [9.17, 15) is 4.79 Å². The largest absolute Gasteiger partial charge is 0.480 e. The van der Waals surface area contributed by atoms with Gasteiger partial charge in [0.25, 0.3) is 0 Å². The highest BCUT2D eigenvalue weighted by molar-refractivity contribution is 7.99. The van der Waals surface area contributed by atoms with E-state index in [2.05, 4.69) is 15.5 Å².